The average Bonchev–Trinajstić information content (AvgIpc) is 3.40. The van der Waals surface area contributed by atoms with Crippen molar-refractivity contribution in [1.82, 2.24) is 9.55 Å². The molecular weight excluding hydrogens is 292 g/mol. The van der Waals surface area contributed by atoms with Crippen LogP contribution in [0.25, 0.3) is 11.1 Å². The van der Waals surface area contributed by atoms with Gasteiger partial charge < -0.3 is 4.57 Å². The number of rotatable bonds is 6. The Morgan fingerprint density at radius 2 is 1.79 bits per heavy atom. The molecule has 0 spiro atoms. The molecule has 1 aromatic heterocycles. The fraction of sp³-hybridized carbons (Fsp3) is 0.318. The molecule has 2 heteroatoms. The summed E-state index contributed by atoms with van der Waals surface area (Å²) in [6.45, 7) is 3.17. The maximum Gasteiger partial charge on any atom is 0.0954 e. The lowest BCUT2D eigenvalue weighted by atomic mass is 10.0. The third-order valence-corrected chi connectivity index (χ3v) is 4.82. The van der Waals surface area contributed by atoms with E-state index in [-0.39, 0.29) is 0 Å². The Morgan fingerprint density at radius 1 is 1.00 bits per heavy atom. The number of imidazole rings is 1. The van der Waals surface area contributed by atoms with Crippen LogP contribution >= 0.6 is 0 Å². The Balaban J connectivity index is 1.62. The van der Waals surface area contributed by atoms with Crippen molar-refractivity contribution in [2.24, 2.45) is 0 Å². The summed E-state index contributed by atoms with van der Waals surface area (Å²) >= 11 is 0. The van der Waals surface area contributed by atoms with Crippen LogP contribution in [0.1, 0.15) is 49.1 Å². The van der Waals surface area contributed by atoms with E-state index in [1.807, 2.05) is 6.33 Å². The quantitative estimate of drug-likeness (QED) is 0.593. The molecule has 1 heterocycles. The molecule has 0 amide bonds. The van der Waals surface area contributed by atoms with E-state index in [1.54, 1.807) is 0 Å². The fourth-order valence-electron chi connectivity index (χ4n) is 3.44. The zero-order valence-corrected chi connectivity index (χ0v) is 14.3. The topological polar surface area (TPSA) is 17.8 Å². The minimum absolute atomic E-state index is 0.725. The summed E-state index contributed by atoms with van der Waals surface area (Å²) in [5.41, 5.74) is 6.71. The van der Waals surface area contributed by atoms with Crippen molar-refractivity contribution in [3.63, 3.8) is 0 Å². The number of hydrogen-bond donors (Lipinski definition) is 0. The van der Waals surface area contributed by atoms with Crippen molar-refractivity contribution in [2.75, 3.05) is 0 Å². The lowest BCUT2D eigenvalue weighted by molar-refractivity contribution is 0.716. The van der Waals surface area contributed by atoms with Crippen molar-refractivity contribution in [2.45, 2.75) is 45.1 Å². The highest BCUT2D eigenvalue weighted by Crippen LogP contribution is 2.41. The van der Waals surface area contributed by atoms with E-state index in [2.05, 4.69) is 66.1 Å². The highest BCUT2D eigenvalue weighted by Gasteiger charge is 2.29. The zero-order chi connectivity index (χ0) is 16.4. The van der Waals surface area contributed by atoms with Gasteiger partial charge in [0.25, 0.3) is 0 Å². The second-order valence-electron chi connectivity index (χ2n) is 6.80. The molecule has 1 aliphatic carbocycles. The number of benzene rings is 2. The lowest BCUT2D eigenvalue weighted by Gasteiger charge is -2.11. The van der Waals surface area contributed by atoms with Crippen molar-refractivity contribution in [3.05, 3.63) is 77.9 Å². The first-order valence-electron chi connectivity index (χ1n) is 9.03. The van der Waals surface area contributed by atoms with Crippen molar-refractivity contribution in [3.8, 4) is 11.1 Å². The molecule has 0 radical (unpaired) electrons. The van der Waals surface area contributed by atoms with Crippen LogP contribution in [0.2, 0.25) is 0 Å². The summed E-state index contributed by atoms with van der Waals surface area (Å²) in [7, 11) is 0. The van der Waals surface area contributed by atoms with Gasteiger partial charge in [0.05, 0.1) is 12.0 Å². The van der Waals surface area contributed by atoms with E-state index >= 15 is 0 Å². The maximum atomic E-state index is 4.74. The average molecular weight is 316 g/mol. The zero-order valence-electron chi connectivity index (χ0n) is 14.3. The van der Waals surface area contributed by atoms with E-state index in [0.717, 1.165) is 18.9 Å². The molecule has 1 saturated carbocycles. The molecule has 0 saturated heterocycles. The maximum absolute atomic E-state index is 4.74. The highest BCUT2D eigenvalue weighted by atomic mass is 15.1. The number of hydrogen-bond acceptors (Lipinski definition) is 1. The number of aromatic nitrogens is 2. The first-order valence-corrected chi connectivity index (χ1v) is 9.03. The number of nitrogens with zero attached hydrogens (tertiary/aromatic N) is 2. The SMILES string of the molecule is CCCc1c(C2CC2)ncn1Cc1cccc(-c2ccccc2)c1. The Bertz CT molecular complexity index is 813. The molecule has 2 aromatic carbocycles. The van der Waals surface area contributed by atoms with Crippen LogP contribution in [-0.4, -0.2) is 9.55 Å². The molecule has 24 heavy (non-hydrogen) atoms. The van der Waals surface area contributed by atoms with Crippen LogP contribution in [0.15, 0.2) is 60.9 Å². The minimum atomic E-state index is 0.725. The van der Waals surface area contributed by atoms with Crippen LogP contribution in [0, 0.1) is 0 Å². The Hall–Kier alpha value is -2.35. The van der Waals surface area contributed by atoms with E-state index in [4.69, 9.17) is 4.98 Å². The minimum Gasteiger partial charge on any atom is -0.330 e. The first kappa shape index (κ1) is 15.2. The molecular formula is C22H24N2. The molecule has 1 fully saturated rings. The van der Waals surface area contributed by atoms with Gasteiger partial charge in [0.1, 0.15) is 0 Å². The van der Waals surface area contributed by atoms with E-state index in [0.29, 0.717) is 0 Å². The summed E-state index contributed by atoms with van der Waals surface area (Å²) in [6, 6.07) is 19.5. The summed E-state index contributed by atoms with van der Waals surface area (Å²) in [6.07, 6.45) is 6.99. The molecule has 1 aliphatic rings. The predicted molar refractivity (Wildman–Crippen MR) is 99.2 cm³/mol. The molecule has 2 nitrogen and oxygen atoms in total. The summed E-state index contributed by atoms with van der Waals surface area (Å²) in [4.78, 5) is 4.74. The molecule has 122 valence electrons. The van der Waals surface area contributed by atoms with Crippen LogP contribution in [-0.2, 0) is 13.0 Å². The highest BCUT2D eigenvalue weighted by molar-refractivity contribution is 5.63. The van der Waals surface area contributed by atoms with Crippen molar-refractivity contribution < 1.29 is 0 Å². The fourth-order valence-corrected chi connectivity index (χ4v) is 3.44. The molecule has 3 aromatic rings. The van der Waals surface area contributed by atoms with Crippen molar-refractivity contribution >= 4 is 0 Å². The van der Waals surface area contributed by atoms with Gasteiger partial charge in [0.15, 0.2) is 0 Å². The Labute approximate surface area is 144 Å². The van der Waals surface area contributed by atoms with Crippen LogP contribution < -0.4 is 0 Å². The van der Waals surface area contributed by atoms with Gasteiger partial charge in [-0.25, -0.2) is 4.98 Å². The van der Waals surface area contributed by atoms with Gasteiger partial charge in [0.2, 0.25) is 0 Å². The summed E-state index contributed by atoms with van der Waals surface area (Å²) in [5.74, 6) is 0.725. The summed E-state index contributed by atoms with van der Waals surface area (Å²) in [5, 5.41) is 0. The Kier molecular flexibility index (Phi) is 4.20. The van der Waals surface area contributed by atoms with Gasteiger partial charge in [-0.1, -0.05) is 61.9 Å². The lowest BCUT2D eigenvalue weighted by Crippen LogP contribution is -2.05. The van der Waals surface area contributed by atoms with Gasteiger partial charge in [-0.05, 0) is 42.0 Å². The van der Waals surface area contributed by atoms with Gasteiger partial charge in [-0.15, -0.1) is 0 Å². The third-order valence-electron chi connectivity index (χ3n) is 4.82. The second kappa shape index (κ2) is 6.64. The molecule has 4 rings (SSSR count). The van der Waals surface area contributed by atoms with E-state index in [1.165, 1.54) is 47.3 Å². The molecule has 0 atom stereocenters. The largest absolute Gasteiger partial charge is 0.330 e. The summed E-state index contributed by atoms with van der Waals surface area (Å²) < 4.78 is 2.36. The van der Waals surface area contributed by atoms with Crippen LogP contribution in [0.4, 0.5) is 0 Å². The van der Waals surface area contributed by atoms with Gasteiger partial charge >= 0.3 is 0 Å². The van der Waals surface area contributed by atoms with E-state index < -0.39 is 0 Å². The molecule has 0 aliphatic heterocycles. The van der Waals surface area contributed by atoms with Gasteiger partial charge in [-0.2, -0.15) is 0 Å². The predicted octanol–water partition coefficient (Wildman–Crippen LogP) is 5.43. The van der Waals surface area contributed by atoms with Crippen LogP contribution in [0.3, 0.4) is 0 Å². The monoisotopic (exact) mass is 316 g/mol. The van der Waals surface area contributed by atoms with E-state index in [9.17, 15) is 0 Å². The Morgan fingerprint density at radius 3 is 2.54 bits per heavy atom. The molecule has 0 N–H and O–H groups in total. The molecule has 0 bridgehead atoms. The van der Waals surface area contributed by atoms with Gasteiger partial charge in [-0.3, -0.25) is 0 Å². The van der Waals surface area contributed by atoms with Crippen molar-refractivity contribution in [1.29, 1.82) is 0 Å². The first-order chi connectivity index (χ1) is 11.8. The second-order valence-corrected chi connectivity index (χ2v) is 6.80. The standard InChI is InChI=1S/C22H24N2/c1-2-7-21-22(19-12-13-19)23-16-24(21)15-17-8-6-11-20(14-17)18-9-4-3-5-10-18/h3-6,8-11,14,16,19H,2,7,12-13,15H2,1H3. The molecule has 0 unspecified atom stereocenters. The van der Waals surface area contributed by atoms with Crippen LogP contribution in [0.5, 0.6) is 0 Å². The normalized spacial score (nSPS) is 14.0. The third kappa shape index (κ3) is 3.14. The smallest absolute Gasteiger partial charge is 0.0954 e. The van der Waals surface area contributed by atoms with Gasteiger partial charge in [0, 0.05) is 18.2 Å².